The molecule has 2 aromatic carbocycles. The molecule has 0 saturated carbocycles. The van der Waals surface area contributed by atoms with Crippen LogP contribution in [0.5, 0.6) is 0 Å². The summed E-state index contributed by atoms with van der Waals surface area (Å²) >= 11 is 1.40. The van der Waals surface area contributed by atoms with Crippen LogP contribution in [0, 0.1) is 0 Å². The first-order valence-electron chi connectivity index (χ1n) is 9.36. The lowest BCUT2D eigenvalue weighted by Crippen LogP contribution is -2.35. The monoisotopic (exact) mass is 406 g/mol. The zero-order valence-corrected chi connectivity index (χ0v) is 17.1. The lowest BCUT2D eigenvalue weighted by Gasteiger charge is -2.24. The zero-order chi connectivity index (χ0) is 20.4. The third kappa shape index (κ3) is 3.78. The van der Waals surface area contributed by atoms with Crippen molar-refractivity contribution in [1.82, 2.24) is 14.5 Å². The summed E-state index contributed by atoms with van der Waals surface area (Å²) in [6.07, 6.45) is 1.88. The first kappa shape index (κ1) is 19.3. The first-order chi connectivity index (χ1) is 14.1. The molecule has 1 unspecified atom stereocenters. The van der Waals surface area contributed by atoms with Gasteiger partial charge < -0.3 is 10.2 Å². The van der Waals surface area contributed by atoms with Crippen molar-refractivity contribution < 1.29 is 4.79 Å². The average molecular weight is 407 g/mol. The molecule has 0 spiro atoms. The summed E-state index contributed by atoms with van der Waals surface area (Å²) in [6, 6.07) is 18.8. The molecule has 1 aliphatic rings. The van der Waals surface area contributed by atoms with Crippen LogP contribution in [0.2, 0.25) is 0 Å². The standard InChI is InChI=1S/C22H22N4O2S/c1-25-20(27)17-14-26(13-15-9-5-3-6-10-15)21(28)18(16-11-7-4-8-12-16)23-19(17)24-22(25)29-2/h3-12,18,23H,13-14H2,1-2H3. The van der Waals surface area contributed by atoms with E-state index in [1.807, 2.05) is 66.9 Å². The number of carbonyl (C=O) groups excluding carboxylic acids is 1. The fraction of sp³-hybridized carbons (Fsp3) is 0.227. The Morgan fingerprint density at radius 2 is 1.72 bits per heavy atom. The number of carbonyl (C=O) groups is 1. The predicted octanol–water partition coefficient (Wildman–Crippen LogP) is 3.20. The summed E-state index contributed by atoms with van der Waals surface area (Å²) in [7, 11) is 1.71. The smallest absolute Gasteiger partial charge is 0.261 e. The van der Waals surface area contributed by atoms with E-state index in [9.17, 15) is 9.59 Å². The number of hydrogen-bond acceptors (Lipinski definition) is 5. The van der Waals surface area contributed by atoms with Gasteiger partial charge in [0.1, 0.15) is 11.9 Å². The van der Waals surface area contributed by atoms with Crippen molar-refractivity contribution in [3.8, 4) is 0 Å². The first-order valence-corrected chi connectivity index (χ1v) is 10.6. The normalized spacial score (nSPS) is 16.1. The quantitative estimate of drug-likeness (QED) is 0.532. The van der Waals surface area contributed by atoms with E-state index in [1.165, 1.54) is 11.8 Å². The van der Waals surface area contributed by atoms with Gasteiger partial charge in [-0.3, -0.25) is 14.2 Å². The van der Waals surface area contributed by atoms with Gasteiger partial charge in [-0.2, -0.15) is 0 Å². The number of nitrogens with one attached hydrogen (secondary N) is 1. The Hall–Kier alpha value is -3.06. The molecule has 3 aromatic rings. The van der Waals surface area contributed by atoms with Gasteiger partial charge in [-0.15, -0.1) is 0 Å². The number of nitrogens with zero attached hydrogens (tertiary/aromatic N) is 3. The number of thioether (sulfide) groups is 1. The van der Waals surface area contributed by atoms with Crippen LogP contribution in [0.3, 0.4) is 0 Å². The van der Waals surface area contributed by atoms with Gasteiger partial charge in [0.05, 0.1) is 12.1 Å². The summed E-state index contributed by atoms with van der Waals surface area (Å²) in [5.41, 5.74) is 2.23. The summed E-state index contributed by atoms with van der Waals surface area (Å²) in [5.74, 6) is 0.404. The van der Waals surface area contributed by atoms with Crippen LogP contribution in [0.1, 0.15) is 22.7 Å². The Labute approximate surface area is 173 Å². The van der Waals surface area contributed by atoms with E-state index in [-0.39, 0.29) is 18.0 Å². The van der Waals surface area contributed by atoms with Gasteiger partial charge in [0.25, 0.3) is 5.56 Å². The summed E-state index contributed by atoms with van der Waals surface area (Å²) in [5, 5.41) is 3.86. The van der Waals surface area contributed by atoms with Gasteiger partial charge in [-0.1, -0.05) is 72.4 Å². The molecular weight excluding hydrogens is 384 g/mol. The highest BCUT2D eigenvalue weighted by molar-refractivity contribution is 7.98. The van der Waals surface area contributed by atoms with Crippen molar-refractivity contribution in [3.05, 3.63) is 87.7 Å². The van der Waals surface area contributed by atoms with Crippen LogP contribution in [0.25, 0.3) is 0 Å². The molecule has 29 heavy (non-hydrogen) atoms. The predicted molar refractivity (Wildman–Crippen MR) is 115 cm³/mol. The molecule has 0 bridgehead atoms. The Morgan fingerprint density at radius 1 is 1.07 bits per heavy atom. The largest absolute Gasteiger partial charge is 0.354 e. The average Bonchev–Trinajstić information content (AvgIpc) is 2.89. The number of aromatic nitrogens is 2. The Kier molecular flexibility index (Phi) is 5.40. The molecule has 1 atom stereocenters. The van der Waals surface area contributed by atoms with Crippen molar-refractivity contribution in [2.24, 2.45) is 7.05 Å². The van der Waals surface area contributed by atoms with Gasteiger partial charge in [0.2, 0.25) is 5.91 Å². The maximum Gasteiger partial charge on any atom is 0.261 e. The minimum atomic E-state index is -0.601. The number of benzene rings is 2. The molecular formula is C22H22N4O2S. The Balaban J connectivity index is 1.82. The Bertz CT molecular complexity index is 1080. The zero-order valence-electron chi connectivity index (χ0n) is 16.3. The topological polar surface area (TPSA) is 67.2 Å². The molecule has 148 valence electrons. The molecule has 1 amide bonds. The van der Waals surface area contributed by atoms with Crippen molar-refractivity contribution in [3.63, 3.8) is 0 Å². The Morgan fingerprint density at radius 3 is 2.38 bits per heavy atom. The second-order valence-electron chi connectivity index (χ2n) is 6.96. The third-order valence-corrected chi connectivity index (χ3v) is 5.79. The van der Waals surface area contributed by atoms with Crippen LogP contribution in [-0.2, 0) is 24.9 Å². The third-order valence-electron chi connectivity index (χ3n) is 5.06. The fourth-order valence-corrected chi connectivity index (χ4v) is 4.07. The van der Waals surface area contributed by atoms with Crippen molar-refractivity contribution in [2.45, 2.75) is 24.3 Å². The van der Waals surface area contributed by atoms with E-state index in [1.54, 1.807) is 16.5 Å². The van der Waals surface area contributed by atoms with Gasteiger partial charge in [-0.05, 0) is 17.4 Å². The van der Waals surface area contributed by atoms with E-state index < -0.39 is 6.04 Å². The lowest BCUT2D eigenvalue weighted by molar-refractivity contribution is -0.133. The molecule has 1 aromatic heterocycles. The molecule has 0 saturated heterocycles. The van der Waals surface area contributed by atoms with Gasteiger partial charge in [0, 0.05) is 13.6 Å². The van der Waals surface area contributed by atoms with Crippen molar-refractivity contribution >= 4 is 23.5 Å². The van der Waals surface area contributed by atoms with Crippen LogP contribution >= 0.6 is 11.8 Å². The van der Waals surface area contributed by atoms with Crippen molar-refractivity contribution in [1.29, 1.82) is 0 Å². The fourth-order valence-electron chi connectivity index (χ4n) is 3.53. The summed E-state index contributed by atoms with van der Waals surface area (Å²) < 4.78 is 1.54. The summed E-state index contributed by atoms with van der Waals surface area (Å²) in [4.78, 5) is 32.9. The maximum atomic E-state index is 13.5. The summed E-state index contributed by atoms with van der Waals surface area (Å²) in [6.45, 7) is 0.644. The second-order valence-corrected chi connectivity index (χ2v) is 7.73. The SMILES string of the molecule is CSc1nc2c(c(=O)n1C)CN(Cc1ccccc1)C(=O)C(c1ccccc1)N2. The lowest BCUT2D eigenvalue weighted by atomic mass is 10.1. The maximum absolute atomic E-state index is 13.5. The van der Waals surface area contributed by atoms with Crippen LogP contribution in [0.15, 0.2) is 70.6 Å². The van der Waals surface area contributed by atoms with E-state index >= 15 is 0 Å². The minimum Gasteiger partial charge on any atom is -0.354 e. The van der Waals surface area contributed by atoms with Crippen molar-refractivity contribution in [2.75, 3.05) is 11.6 Å². The number of hydrogen-bond donors (Lipinski definition) is 1. The molecule has 6 nitrogen and oxygen atoms in total. The van der Waals surface area contributed by atoms with Crippen LogP contribution in [-0.4, -0.2) is 26.6 Å². The van der Waals surface area contributed by atoms with E-state index in [2.05, 4.69) is 10.3 Å². The molecule has 7 heteroatoms. The number of anilines is 1. The highest BCUT2D eigenvalue weighted by Gasteiger charge is 2.33. The minimum absolute atomic E-state index is 0.0780. The molecule has 0 aliphatic carbocycles. The van der Waals surface area contributed by atoms with Gasteiger partial charge in [-0.25, -0.2) is 4.98 Å². The van der Waals surface area contributed by atoms with Crippen LogP contribution < -0.4 is 10.9 Å². The van der Waals surface area contributed by atoms with Gasteiger partial charge in [0.15, 0.2) is 5.16 Å². The van der Waals surface area contributed by atoms with Gasteiger partial charge >= 0.3 is 0 Å². The molecule has 1 aliphatic heterocycles. The highest BCUT2D eigenvalue weighted by atomic mass is 32.2. The van der Waals surface area contributed by atoms with E-state index in [4.69, 9.17) is 0 Å². The number of amides is 1. The van der Waals surface area contributed by atoms with E-state index in [0.717, 1.165) is 11.1 Å². The highest BCUT2D eigenvalue weighted by Crippen LogP contribution is 2.29. The molecule has 1 N–H and O–H groups in total. The second kappa shape index (κ2) is 8.13. The van der Waals surface area contributed by atoms with E-state index in [0.29, 0.717) is 23.1 Å². The number of fused-ring (bicyclic) bond motifs is 1. The molecule has 0 radical (unpaired) electrons. The number of rotatable bonds is 4. The molecule has 0 fully saturated rings. The van der Waals surface area contributed by atoms with Crippen LogP contribution in [0.4, 0.5) is 5.82 Å². The molecule has 4 rings (SSSR count). The molecule has 2 heterocycles.